The number of carboxylic acid groups (broad SMARTS) is 1. The lowest BCUT2D eigenvalue weighted by atomic mass is 10.0. The molecule has 3 N–H and O–H groups in total. The first kappa shape index (κ1) is 12.8. The number of aliphatic carboxylic acids is 1. The van der Waals surface area contributed by atoms with Crippen molar-refractivity contribution in [3.8, 4) is 0 Å². The minimum atomic E-state index is -1.56. The Balaban J connectivity index is 3.23. The summed E-state index contributed by atoms with van der Waals surface area (Å²) in [5, 5.41) is 7.69. The molecule has 0 aromatic heterocycles. The van der Waals surface area contributed by atoms with Crippen LogP contribution in [-0.2, 0) is 4.79 Å². The maximum Gasteiger partial charge on any atom is 0.305 e. The maximum atomic E-state index is 13.3. The SMILES string of the molecule is NC(CC(=O)O)c1c(F)cc(Cl)c(F)c1F. The van der Waals surface area contributed by atoms with E-state index >= 15 is 0 Å². The van der Waals surface area contributed by atoms with E-state index in [4.69, 9.17) is 22.4 Å². The van der Waals surface area contributed by atoms with E-state index in [-0.39, 0.29) is 0 Å². The summed E-state index contributed by atoms with van der Waals surface area (Å²) < 4.78 is 39.5. The predicted molar refractivity (Wildman–Crippen MR) is 50.5 cm³/mol. The highest BCUT2D eigenvalue weighted by Crippen LogP contribution is 2.28. The van der Waals surface area contributed by atoms with E-state index in [0.29, 0.717) is 6.07 Å². The molecule has 0 aliphatic rings. The highest BCUT2D eigenvalue weighted by Gasteiger charge is 2.24. The molecular formula is C9H7ClF3NO2. The number of hydrogen-bond acceptors (Lipinski definition) is 2. The summed E-state index contributed by atoms with van der Waals surface area (Å²) in [5.41, 5.74) is 4.43. The van der Waals surface area contributed by atoms with Gasteiger partial charge in [0, 0.05) is 11.6 Å². The third-order valence-electron chi connectivity index (χ3n) is 1.91. The molecule has 1 aromatic rings. The van der Waals surface area contributed by atoms with E-state index in [0.717, 1.165) is 0 Å². The van der Waals surface area contributed by atoms with Gasteiger partial charge in [0.25, 0.3) is 0 Å². The molecule has 16 heavy (non-hydrogen) atoms. The maximum absolute atomic E-state index is 13.3. The lowest BCUT2D eigenvalue weighted by molar-refractivity contribution is -0.137. The van der Waals surface area contributed by atoms with Crippen LogP contribution in [0.15, 0.2) is 6.07 Å². The van der Waals surface area contributed by atoms with E-state index in [9.17, 15) is 18.0 Å². The van der Waals surface area contributed by atoms with Crippen LogP contribution in [0.3, 0.4) is 0 Å². The first-order valence-corrected chi connectivity index (χ1v) is 4.52. The average molecular weight is 254 g/mol. The van der Waals surface area contributed by atoms with Crippen molar-refractivity contribution in [1.29, 1.82) is 0 Å². The summed E-state index contributed by atoms with van der Waals surface area (Å²) in [4.78, 5) is 10.3. The number of halogens is 4. The molecule has 0 saturated heterocycles. The second kappa shape index (κ2) is 4.71. The molecule has 0 saturated carbocycles. The highest BCUT2D eigenvalue weighted by molar-refractivity contribution is 6.30. The van der Waals surface area contributed by atoms with Crippen LogP contribution in [0.5, 0.6) is 0 Å². The van der Waals surface area contributed by atoms with Gasteiger partial charge < -0.3 is 10.8 Å². The standard InChI is InChI=1S/C9H7ClF3NO2/c10-3-1-4(11)7(9(13)8(3)12)5(14)2-6(15)16/h1,5H,2,14H2,(H,15,16). The normalized spacial score (nSPS) is 12.6. The highest BCUT2D eigenvalue weighted by atomic mass is 35.5. The van der Waals surface area contributed by atoms with Crippen LogP contribution in [0.1, 0.15) is 18.0 Å². The Morgan fingerprint density at radius 2 is 2.00 bits per heavy atom. The van der Waals surface area contributed by atoms with Crippen LogP contribution >= 0.6 is 11.6 Å². The summed E-state index contributed by atoms with van der Waals surface area (Å²) in [6.07, 6.45) is -0.713. The molecular weight excluding hydrogens is 247 g/mol. The number of benzene rings is 1. The van der Waals surface area contributed by atoms with E-state index in [1.807, 2.05) is 0 Å². The lowest BCUT2D eigenvalue weighted by Gasteiger charge is -2.12. The van der Waals surface area contributed by atoms with Gasteiger partial charge in [0.15, 0.2) is 11.6 Å². The van der Waals surface area contributed by atoms with E-state index in [1.165, 1.54) is 0 Å². The Bertz CT molecular complexity index is 439. The summed E-state index contributed by atoms with van der Waals surface area (Å²) in [6.45, 7) is 0. The lowest BCUT2D eigenvalue weighted by Crippen LogP contribution is -2.19. The van der Waals surface area contributed by atoms with Crippen LogP contribution in [0.2, 0.25) is 5.02 Å². The third kappa shape index (κ3) is 2.45. The third-order valence-corrected chi connectivity index (χ3v) is 2.19. The molecule has 88 valence electrons. The Morgan fingerprint density at radius 3 is 2.50 bits per heavy atom. The molecule has 0 aliphatic heterocycles. The van der Waals surface area contributed by atoms with Crippen LogP contribution in [-0.4, -0.2) is 11.1 Å². The first-order valence-electron chi connectivity index (χ1n) is 4.14. The van der Waals surface area contributed by atoms with Crippen LogP contribution in [0.25, 0.3) is 0 Å². The predicted octanol–water partition coefficient (Wildman–Crippen LogP) is 2.23. The molecule has 7 heteroatoms. The van der Waals surface area contributed by atoms with Crippen LogP contribution in [0.4, 0.5) is 13.2 Å². The fourth-order valence-electron chi connectivity index (χ4n) is 1.21. The molecule has 1 atom stereocenters. The zero-order valence-electron chi connectivity index (χ0n) is 7.81. The van der Waals surface area contributed by atoms with Crippen molar-refractivity contribution in [3.63, 3.8) is 0 Å². The topological polar surface area (TPSA) is 63.3 Å². The van der Waals surface area contributed by atoms with Gasteiger partial charge in [-0.05, 0) is 6.07 Å². The van der Waals surface area contributed by atoms with Crippen molar-refractivity contribution in [1.82, 2.24) is 0 Å². The molecule has 0 radical (unpaired) electrons. The second-order valence-corrected chi connectivity index (χ2v) is 3.49. The Labute approximate surface area is 93.6 Å². The van der Waals surface area contributed by atoms with Gasteiger partial charge in [0.05, 0.1) is 11.4 Å². The molecule has 0 aliphatic carbocycles. The van der Waals surface area contributed by atoms with Gasteiger partial charge in [-0.15, -0.1) is 0 Å². The molecule has 1 aromatic carbocycles. The van der Waals surface area contributed by atoms with Gasteiger partial charge >= 0.3 is 5.97 Å². The molecule has 1 rings (SSSR count). The molecule has 0 spiro atoms. The number of hydrogen-bond donors (Lipinski definition) is 2. The van der Waals surface area contributed by atoms with Crippen molar-refractivity contribution < 1.29 is 23.1 Å². The number of carboxylic acids is 1. The van der Waals surface area contributed by atoms with Gasteiger partial charge in [-0.2, -0.15) is 0 Å². The largest absolute Gasteiger partial charge is 0.481 e. The fraction of sp³-hybridized carbons (Fsp3) is 0.222. The van der Waals surface area contributed by atoms with Gasteiger partial charge in [0.1, 0.15) is 5.82 Å². The second-order valence-electron chi connectivity index (χ2n) is 3.09. The Morgan fingerprint density at radius 1 is 1.44 bits per heavy atom. The van der Waals surface area contributed by atoms with E-state index in [1.54, 1.807) is 0 Å². The fourth-order valence-corrected chi connectivity index (χ4v) is 1.39. The molecule has 1 unspecified atom stereocenters. The Kier molecular flexibility index (Phi) is 3.77. The number of rotatable bonds is 3. The monoisotopic (exact) mass is 253 g/mol. The average Bonchev–Trinajstić information content (AvgIpc) is 2.13. The van der Waals surface area contributed by atoms with Gasteiger partial charge in [-0.1, -0.05) is 11.6 Å². The van der Waals surface area contributed by atoms with Gasteiger partial charge in [-0.3, -0.25) is 4.79 Å². The minimum Gasteiger partial charge on any atom is -0.481 e. The van der Waals surface area contributed by atoms with Crippen molar-refractivity contribution in [2.75, 3.05) is 0 Å². The molecule has 0 heterocycles. The first-order chi connectivity index (χ1) is 7.34. The van der Waals surface area contributed by atoms with Crippen LogP contribution in [0, 0.1) is 17.5 Å². The summed E-state index contributed by atoms with van der Waals surface area (Å²) in [6, 6.07) is -0.916. The zero-order valence-corrected chi connectivity index (χ0v) is 8.56. The minimum absolute atomic E-state index is 0.553. The summed E-state index contributed by atoms with van der Waals surface area (Å²) >= 11 is 5.19. The molecule has 3 nitrogen and oxygen atoms in total. The van der Waals surface area contributed by atoms with Crippen molar-refractivity contribution in [3.05, 3.63) is 34.1 Å². The summed E-state index contributed by atoms with van der Waals surface area (Å²) in [5.74, 6) is -5.52. The molecule has 0 amide bonds. The quantitative estimate of drug-likeness (QED) is 0.641. The molecule has 0 fully saturated rings. The summed E-state index contributed by atoms with van der Waals surface area (Å²) in [7, 11) is 0. The number of nitrogens with two attached hydrogens (primary N) is 1. The van der Waals surface area contributed by atoms with E-state index in [2.05, 4.69) is 0 Å². The Hall–Kier alpha value is -1.27. The van der Waals surface area contributed by atoms with E-state index < -0.39 is 46.5 Å². The smallest absolute Gasteiger partial charge is 0.305 e. The van der Waals surface area contributed by atoms with Crippen molar-refractivity contribution >= 4 is 17.6 Å². The van der Waals surface area contributed by atoms with Crippen molar-refractivity contribution in [2.45, 2.75) is 12.5 Å². The number of carbonyl (C=O) groups is 1. The molecule has 0 bridgehead atoms. The van der Waals surface area contributed by atoms with Crippen LogP contribution < -0.4 is 5.73 Å². The van der Waals surface area contributed by atoms with Gasteiger partial charge in [-0.25, -0.2) is 13.2 Å². The van der Waals surface area contributed by atoms with Gasteiger partial charge in [0.2, 0.25) is 0 Å². The zero-order chi connectivity index (χ0) is 12.5. The van der Waals surface area contributed by atoms with Crippen molar-refractivity contribution in [2.24, 2.45) is 5.73 Å².